The smallest absolute Gasteiger partial charge is 0.148 e. The third kappa shape index (κ3) is 4.50. The summed E-state index contributed by atoms with van der Waals surface area (Å²) >= 11 is 6.14. The molecule has 0 spiro atoms. The van der Waals surface area contributed by atoms with Crippen LogP contribution in [0.1, 0.15) is 19.4 Å². The van der Waals surface area contributed by atoms with Crippen molar-refractivity contribution >= 4 is 35.3 Å². The minimum absolute atomic E-state index is 0.220. The van der Waals surface area contributed by atoms with Crippen molar-refractivity contribution in [2.24, 2.45) is 0 Å². The Morgan fingerprint density at radius 2 is 1.62 bits per heavy atom. The van der Waals surface area contributed by atoms with Crippen LogP contribution >= 0.6 is 11.6 Å². The van der Waals surface area contributed by atoms with Gasteiger partial charge in [-0.1, -0.05) is 29.8 Å². The van der Waals surface area contributed by atoms with Crippen molar-refractivity contribution in [2.45, 2.75) is 25.4 Å². The molecule has 6 heteroatoms. The Bertz CT molecular complexity index is 980. The molecule has 0 amide bonds. The van der Waals surface area contributed by atoms with Gasteiger partial charge in [0.2, 0.25) is 0 Å². The molecule has 2 saturated heterocycles. The summed E-state index contributed by atoms with van der Waals surface area (Å²) in [5.41, 5.74) is 4.18. The molecule has 5 nitrogen and oxygen atoms in total. The predicted molar refractivity (Wildman–Crippen MR) is 135 cm³/mol. The maximum atomic E-state index is 12.5. The van der Waals surface area contributed by atoms with E-state index in [4.69, 9.17) is 11.6 Å². The molecule has 4 rings (SSSR count). The van der Waals surface area contributed by atoms with Gasteiger partial charge < -0.3 is 24.4 Å². The van der Waals surface area contributed by atoms with Gasteiger partial charge in [-0.15, -0.1) is 0 Å². The minimum Gasteiger partial charge on any atom is -0.373 e. The number of benzene rings is 2. The van der Waals surface area contributed by atoms with Gasteiger partial charge >= 0.3 is 0 Å². The lowest BCUT2D eigenvalue weighted by Gasteiger charge is -2.52. The van der Waals surface area contributed by atoms with E-state index in [9.17, 15) is 4.79 Å². The number of hydrogen-bond acceptors (Lipinski definition) is 5. The fourth-order valence-electron chi connectivity index (χ4n) is 5.02. The zero-order chi connectivity index (χ0) is 22.9. The number of nitrogens with zero attached hydrogens (tertiary/aromatic N) is 4. The van der Waals surface area contributed by atoms with Crippen molar-refractivity contribution in [2.75, 3.05) is 56.6 Å². The van der Waals surface area contributed by atoms with E-state index in [-0.39, 0.29) is 11.6 Å². The van der Waals surface area contributed by atoms with E-state index in [1.807, 2.05) is 24.3 Å². The zero-order valence-electron chi connectivity index (χ0n) is 19.5. The van der Waals surface area contributed by atoms with Crippen molar-refractivity contribution in [1.82, 2.24) is 9.80 Å². The van der Waals surface area contributed by atoms with E-state index in [0.29, 0.717) is 5.02 Å². The number of piperazine rings is 2. The second-order valence-corrected chi connectivity index (χ2v) is 9.95. The monoisotopic (exact) mass is 452 g/mol. The SMILES string of the molecule is CN1CCN(c2ccccc2C=C2C(C=O)N(c3ccc(Cl)cc3)C(C)(C)CN2C)CC1. The number of carbonyl (C=O) groups excluding carboxylic acids is 1. The molecule has 0 aliphatic carbocycles. The summed E-state index contributed by atoms with van der Waals surface area (Å²) in [7, 11) is 4.26. The summed E-state index contributed by atoms with van der Waals surface area (Å²) in [5.74, 6) is 0. The summed E-state index contributed by atoms with van der Waals surface area (Å²) in [6.45, 7) is 9.30. The van der Waals surface area contributed by atoms with Gasteiger partial charge in [-0.2, -0.15) is 0 Å². The summed E-state index contributed by atoms with van der Waals surface area (Å²) in [6, 6.07) is 15.9. The zero-order valence-corrected chi connectivity index (χ0v) is 20.2. The fraction of sp³-hybridized carbons (Fsp3) is 0.423. The number of carbonyl (C=O) groups is 1. The summed E-state index contributed by atoms with van der Waals surface area (Å²) in [4.78, 5) is 21.8. The second kappa shape index (κ2) is 9.16. The van der Waals surface area contributed by atoms with Crippen molar-refractivity contribution < 1.29 is 4.79 Å². The molecule has 2 aliphatic rings. The molecule has 170 valence electrons. The highest BCUT2D eigenvalue weighted by Crippen LogP contribution is 2.37. The Hall–Kier alpha value is -2.50. The first-order chi connectivity index (χ1) is 15.3. The third-order valence-corrected chi connectivity index (χ3v) is 6.87. The lowest BCUT2D eigenvalue weighted by molar-refractivity contribution is -0.109. The first-order valence-corrected chi connectivity index (χ1v) is 11.6. The fourth-order valence-corrected chi connectivity index (χ4v) is 5.15. The van der Waals surface area contributed by atoms with Crippen LogP contribution in [0.4, 0.5) is 11.4 Å². The molecule has 0 aromatic heterocycles. The van der Waals surface area contributed by atoms with Crippen LogP contribution in [0.2, 0.25) is 5.02 Å². The molecule has 0 N–H and O–H groups in total. The number of anilines is 2. The number of rotatable bonds is 4. The van der Waals surface area contributed by atoms with Gasteiger partial charge in [0.25, 0.3) is 0 Å². The summed E-state index contributed by atoms with van der Waals surface area (Å²) in [6.07, 6.45) is 3.27. The van der Waals surface area contributed by atoms with Gasteiger partial charge in [0, 0.05) is 61.9 Å². The molecule has 0 saturated carbocycles. The predicted octanol–water partition coefficient (Wildman–Crippen LogP) is 4.23. The standard InChI is InChI=1S/C26H33ClN4O/c1-26(2)19-29(4)24(25(18-32)31(26)22-11-9-21(27)10-12-22)17-20-7-5-6-8-23(20)30-15-13-28(3)14-16-30/h5-12,17-18,25H,13-16,19H2,1-4H3. The van der Waals surface area contributed by atoms with Gasteiger partial charge in [0.1, 0.15) is 12.3 Å². The molecule has 32 heavy (non-hydrogen) atoms. The maximum absolute atomic E-state index is 12.5. The molecular weight excluding hydrogens is 420 g/mol. The van der Waals surface area contributed by atoms with Crippen LogP contribution < -0.4 is 9.80 Å². The average Bonchev–Trinajstić information content (AvgIpc) is 2.77. The molecule has 0 bridgehead atoms. The van der Waals surface area contributed by atoms with Crippen LogP contribution in [-0.2, 0) is 4.79 Å². The molecule has 1 unspecified atom stereocenters. The van der Waals surface area contributed by atoms with Crippen molar-refractivity contribution in [3.63, 3.8) is 0 Å². The summed E-state index contributed by atoms with van der Waals surface area (Å²) in [5, 5.41) is 0.695. The van der Waals surface area contributed by atoms with E-state index in [0.717, 1.165) is 56.0 Å². The Kier molecular flexibility index (Phi) is 6.50. The van der Waals surface area contributed by atoms with Gasteiger partial charge in [0.05, 0.1) is 5.54 Å². The van der Waals surface area contributed by atoms with Crippen LogP contribution in [-0.4, -0.2) is 74.5 Å². The molecule has 2 heterocycles. The normalized spacial score (nSPS) is 23.0. The Morgan fingerprint density at radius 3 is 2.28 bits per heavy atom. The van der Waals surface area contributed by atoms with E-state index in [1.54, 1.807) is 0 Å². The lowest BCUT2D eigenvalue weighted by Crippen LogP contribution is -2.62. The van der Waals surface area contributed by atoms with Crippen LogP contribution in [0.15, 0.2) is 54.2 Å². The van der Waals surface area contributed by atoms with Crippen molar-refractivity contribution in [3.05, 3.63) is 64.8 Å². The van der Waals surface area contributed by atoms with Crippen LogP contribution in [0.5, 0.6) is 0 Å². The van der Waals surface area contributed by atoms with E-state index in [2.05, 4.69) is 77.9 Å². The largest absolute Gasteiger partial charge is 0.373 e. The highest BCUT2D eigenvalue weighted by atomic mass is 35.5. The number of halogens is 1. The third-order valence-electron chi connectivity index (χ3n) is 6.62. The first-order valence-electron chi connectivity index (χ1n) is 11.3. The maximum Gasteiger partial charge on any atom is 0.148 e. The first kappa shape index (κ1) is 22.7. The van der Waals surface area contributed by atoms with Crippen molar-refractivity contribution in [3.8, 4) is 0 Å². The highest BCUT2D eigenvalue weighted by molar-refractivity contribution is 6.30. The van der Waals surface area contributed by atoms with Crippen molar-refractivity contribution in [1.29, 1.82) is 0 Å². The lowest BCUT2D eigenvalue weighted by atomic mass is 9.91. The number of hydrogen-bond donors (Lipinski definition) is 0. The second-order valence-electron chi connectivity index (χ2n) is 9.51. The minimum atomic E-state index is -0.384. The molecule has 2 aliphatic heterocycles. The Morgan fingerprint density at radius 1 is 0.969 bits per heavy atom. The van der Waals surface area contributed by atoms with E-state index >= 15 is 0 Å². The average molecular weight is 453 g/mol. The number of para-hydroxylation sites is 1. The van der Waals surface area contributed by atoms with Crippen LogP contribution in [0, 0.1) is 0 Å². The van der Waals surface area contributed by atoms with Gasteiger partial charge in [-0.05, 0) is 62.9 Å². The van der Waals surface area contributed by atoms with Crippen LogP contribution in [0.3, 0.4) is 0 Å². The molecule has 2 aromatic carbocycles. The van der Waals surface area contributed by atoms with E-state index < -0.39 is 0 Å². The van der Waals surface area contributed by atoms with Gasteiger partial charge in [0.15, 0.2) is 0 Å². The Balaban J connectivity index is 1.74. The number of likely N-dealkylation sites (N-methyl/N-ethyl adjacent to an activating group) is 2. The quantitative estimate of drug-likeness (QED) is 0.648. The van der Waals surface area contributed by atoms with E-state index in [1.165, 1.54) is 5.69 Å². The van der Waals surface area contributed by atoms with Gasteiger partial charge in [-0.25, -0.2) is 0 Å². The molecule has 1 atom stereocenters. The van der Waals surface area contributed by atoms with Crippen LogP contribution in [0.25, 0.3) is 6.08 Å². The highest BCUT2D eigenvalue weighted by Gasteiger charge is 2.41. The van der Waals surface area contributed by atoms with Gasteiger partial charge in [-0.3, -0.25) is 0 Å². The summed E-state index contributed by atoms with van der Waals surface area (Å²) < 4.78 is 0. The number of aldehydes is 1. The molecular formula is C26H33ClN4O. The molecule has 0 radical (unpaired) electrons. The topological polar surface area (TPSA) is 30.0 Å². The molecule has 2 aromatic rings. The molecule has 2 fully saturated rings. The Labute approximate surface area is 196 Å².